The van der Waals surface area contributed by atoms with Crippen molar-refractivity contribution in [2.24, 2.45) is 0 Å². The third kappa shape index (κ3) is 5.22. The van der Waals surface area contributed by atoms with E-state index >= 15 is 0 Å². The van der Waals surface area contributed by atoms with E-state index in [1.165, 1.54) is 0 Å². The van der Waals surface area contributed by atoms with Gasteiger partial charge in [0.2, 0.25) is 0 Å². The standard InChI is InChI=1S/C19H26O2/c1-5-9-16-14-17(13-12-15(16)8-4)19(20)21-18(10-6-2)11-7-3/h5,8-9,12-14,18H,4,6-7,10-11H2,1-3H3/b9-5-. The average molecular weight is 286 g/mol. The molecule has 0 amide bonds. The average Bonchev–Trinajstić information content (AvgIpc) is 2.48. The Hall–Kier alpha value is -1.83. The van der Waals surface area contributed by atoms with Crippen molar-refractivity contribution in [1.82, 2.24) is 0 Å². The topological polar surface area (TPSA) is 26.3 Å². The zero-order valence-electron chi connectivity index (χ0n) is 13.4. The second-order valence-corrected chi connectivity index (χ2v) is 5.15. The predicted octanol–water partition coefficient (Wildman–Crippen LogP) is 5.49. The summed E-state index contributed by atoms with van der Waals surface area (Å²) < 4.78 is 5.64. The summed E-state index contributed by atoms with van der Waals surface area (Å²) in [7, 11) is 0. The van der Waals surface area contributed by atoms with Gasteiger partial charge in [-0.05, 0) is 43.0 Å². The van der Waals surface area contributed by atoms with Crippen LogP contribution in [0.1, 0.15) is 67.9 Å². The highest BCUT2D eigenvalue weighted by molar-refractivity contribution is 5.91. The van der Waals surface area contributed by atoms with Gasteiger partial charge in [-0.2, -0.15) is 0 Å². The number of ether oxygens (including phenoxy) is 1. The van der Waals surface area contributed by atoms with E-state index in [4.69, 9.17) is 4.74 Å². The van der Waals surface area contributed by atoms with E-state index in [0.29, 0.717) is 5.56 Å². The van der Waals surface area contributed by atoms with Gasteiger partial charge in [-0.3, -0.25) is 0 Å². The monoisotopic (exact) mass is 286 g/mol. The molecule has 0 saturated heterocycles. The second-order valence-electron chi connectivity index (χ2n) is 5.15. The lowest BCUT2D eigenvalue weighted by Gasteiger charge is -2.17. The molecule has 0 unspecified atom stereocenters. The lowest BCUT2D eigenvalue weighted by Crippen LogP contribution is -2.18. The quantitative estimate of drug-likeness (QED) is 0.591. The van der Waals surface area contributed by atoms with Crippen LogP contribution in [0.25, 0.3) is 12.2 Å². The maximum absolute atomic E-state index is 12.3. The Morgan fingerprint density at radius 1 is 1.24 bits per heavy atom. The van der Waals surface area contributed by atoms with Crippen LogP contribution >= 0.6 is 0 Å². The van der Waals surface area contributed by atoms with E-state index in [1.54, 1.807) is 12.1 Å². The molecule has 0 N–H and O–H groups in total. The fraction of sp³-hybridized carbons (Fsp3) is 0.421. The van der Waals surface area contributed by atoms with Crippen molar-refractivity contribution in [3.05, 3.63) is 47.5 Å². The Balaban J connectivity index is 2.91. The highest BCUT2D eigenvalue weighted by atomic mass is 16.5. The number of benzene rings is 1. The van der Waals surface area contributed by atoms with Crippen molar-refractivity contribution in [1.29, 1.82) is 0 Å². The Kier molecular flexibility index (Phi) is 7.52. The summed E-state index contributed by atoms with van der Waals surface area (Å²) in [5.41, 5.74) is 2.61. The molecule has 0 spiro atoms. The van der Waals surface area contributed by atoms with E-state index in [-0.39, 0.29) is 12.1 Å². The van der Waals surface area contributed by atoms with Crippen molar-refractivity contribution in [2.45, 2.75) is 52.6 Å². The molecule has 0 saturated carbocycles. The van der Waals surface area contributed by atoms with Gasteiger partial charge in [0, 0.05) is 0 Å². The van der Waals surface area contributed by atoms with Crippen molar-refractivity contribution in [3.8, 4) is 0 Å². The fourth-order valence-corrected chi connectivity index (χ4v) is 2.34. The summed E-state index contributed by atoms with van der Waals surface area (Å²) in [6, 6.07) is 5.59. The second kappa shape index (κ2) is 9.17. The number of rotatable bonds is 8. The number of carbonyl (C=O) groups excluding carboxylic acids is 1. The lowest BCUT2D eigenvalue weighted by atomic mass is 10.0. The minimum atomic E-state index is -0.233. The molecule has 0 bridgehead atoms. The van der Waals surface area contributed by atoms with Gasteiger partial charge in [0.05, 0.1) is 5.56 Å². The number of esters is 1. The van der Waals surface area contributed by atoms with Crippen LogP contribution in [0.15, 0.2) is 30.9 Å². The number of carbonyl (C=O) groups is 1. The van der Waals surface area contributed by atoms with Crippen LogP contribution in [-0.4, -0.2) is 12.1 Å². The maximum Gasteiger partial charge on any atom is 0.338 e. The van der Waals surface area contributed by atoms with E-state index in [1.807, 2.05) is 31.2 Å². The first kappa shape index (κ1) is 17.2. The van der Waals surface area contributed by atoms with Crippen LogP contribution in [0.3, 0.4) is 0 Å². The van der Waals surface area contributed by atoms with Gasteiger partial charge in [-0.15, -0.1) is 0 Å². The SMILES string of the molecule is C=Cc1ccc(C(=O)OC(CCC)CCC)cc1/C=C\C. The maximum atomic E-state index is 12.3. The van der Waals surface area contributed by atoms with Gasteiger partial charge in [-0.1, -0.05) is 57.6 Å². The molecule has 0 aromatic heterocycles. The van der Waals surface area contributed by atoms with E-state index < -0.39 is 0 Å². The Labute approximate surface area is 128 Å². The van der Waals surface area contributed by atoms with Crippen molar-refractivity contribution < 1.29 is 9.53 Å². The lowest BCUT2D eigenvalue weighted by molar-refractivity contribution is 0.0258. The van der Waals surface area contributed by atoms with Crippen LogP contribution in [-0.2, 0) is 4.74 Å². The molecule has 2 nitrogen and oxygen atoms in total. The molecule has 0 atom stereocenters. The molecule has 0 aliphatic carbocycles. The summed E-state index contributed by atoms with van der Waals surface area (Å²) in [4.78, 5) is 12.3. The summed E-state index contributed by atoms with van der Waals surface area (Å²) in [6.07, 6.45) is 9.64. The molecule has 0 heterocycles. The van der Waals surface area contributed by atoms with Crippen LogP contribution in [0, 0.1) is 0 Å². The summed E-state index contributed by atoms with van der Waals surface area (Å²) in [6.45, 7) is 9.97. The Morgan fingerprint density at radius 2 is 1.90 bits per heavy atom. The molecule has 0 aliphatic rings. The third-order valence-electron chi connectivity index (χ3n) is 3.38. The predicted molar refractivity (Wildman–Crippen MR) is 90.3 cm³/mol. The van der Waals surface area contributed by atoms with Crippen LogP contribution in [0.4, 0.5) is 0 Å². The van der Waals surface area contributed by atoms with Gasteiger partial charge in [0.25, 0.3) is 0 Å². The first-order valence-corrected chi connectivity index (χ1v) is 7.76. The molecule has 2 heteroatoms. The first-order chi connectivity index (χ1) is 10.2. The summed E-state index contributed by atoms with van der Waals surface area (Å²) >= 11 is 0. The Morgan fingerprint density at radius 3 is 2.43 bits per heavy atom. The van der Waals surface area contributed by atoms with Gasteiger partial charge in [-0.25, -0.2) is 4.79 Å². The Bertz CT molecular complexity index is 494. The minimum Gasteiger partial charge on any atom is -0.459 e. The van der Waals surface area contributed by atoms with Crippen molar-refractivity contribution >= 4 is 18.1 Å². The molecular weight excluding hydrogens is 260 g/mol. The van der Waals surface area contributed by atoms with Crippen LogP contribution in [0.2, 0.25) is 0 Å². The van der Waals surface area contributed by atoms with E-state index in [2.05, 4.69) is 20.4 Å². The molecular formula is C19H26O2. The molecule has 21 heavy (non-hydrogen) atoms. The number of hydrogen-bond acceptors (Lipinski definition) is 2. The van der Waals surface area contributed by atoms with Gasteiger partial charge in [0.15, 0.2) is 0 Å². The van der Waals surface area contributed by atoms with E-state index in [0.717, 1.165) is 36.8 Å². The molecule has 0 radical (unpaired) electrons. The minimum absolute atomic E-state index is 0.0248. The molecule has 1 rings (SSSR count). The largest absolute Gasteiger partial charge is 0.459 e. The van der Waals surface area contributed by atoms with Gasteiger partial charge >= 0.3 is 5.97 Å². The fourth-order valence-electron chi connectivity index (χ4n) is 2.34. The van der Waals surface area contributed by atoms with Crippen LogP contribution < -0.4 is 0 Å². The summed E-state index contributed by atoms with van der Waals surface area (Å²) in [5.74, 6) is -0.233. The van der Waals surface area contributed by atoms with E-state index in [9.17, 15) is 4.79 Å². The molecule has 114 valence electrons. The molecule has 0 fully saturated rings. The number of allylic oxidation sites excluding steroid dienone is 1. The molecule has 1 aromatic carbocycles. The first-order valence-electron chi connectivity index (χ1n) is 7.76. The molecule has 1 aromatic rings. The smallest absolute Gasteiger partial charge is 0.338 e. The number of hydrogen-bond donors (Lipinski definition) is 0. The van der Waals surface area contributed by atoms with Gasteiger partial charge in [0.1, 0.15) is 6.10 Å². The summed E-state index contributed by atoms with van der Waals surface area (Å²) in [5, 5.41) is 0. The van der Waals surface area contributed by atoms with Crippen LogP contribution in [0.5, 0.6) is 0 Å². The van der Waals surface area contributed by atoms with Crippen molar-refractivity contribution in [3.63, 3.8) is 0 Å². The van der Waals surface area contributed by atoms with Gasteiger partial charge < -0.3 is 4.74 Å². The highest BCUT2D eigenvalue weighted by Gasteiger charge is 2.15. The normalized spacial score (nSPS) is 11.0. The third-order valence-corrected chi connectivity index (χ3v) is 3.38. The highest BCUT2D eigenvalue weighted by Crippen LogP contribution is 2.18. The zero-order valence-corrected chi connectivity index (χ0v) is 13.4. The zero-order chi connectivity index (χ0) is 15.7. The molecule has 0 aliphatic heterocycles. The van der Waals surface area contributed by atoms with Crippen molar-refractivity contribution in [2.75, 3.05) is 0 Å².